The molecule has 5 heteroatoms. The number of carbonyl (C=O) groups is 1. The number of halogens is 2. The minimum absolute atomic E-state index is 0. The molecule has 2 aromatic rings. The molecule has 0 radical (unpaired) electrons. The van der Waals surface area contributed by atoms with E-state index < -0.39 is 0 Å². The van der Waals surface area contributed by atoms with E-state index in [0.29, 0.717) is 5.69 Å². The Hall–Kier alpha value is -1.06. The monoisotopic (exact) mass is 230 g/mol. The average molecular weight is 231 g/mol. The van der Waals surface area contributed by atoms with Crippen LogP contribution in [0.5, 0.6) is 0 Å². The molecule has 0 aliphatic carbocycles. The number of Topliss-reactive ketones (excluding diaryl/α,β-unsaturated/α-hetero) is 1. The van der Waals surface area contributed by atoms with E-state index in [-0.39, 0.29) is 24.1 Å². The van der Waals surface area contributed by atoms with Crippen LogP contribution in [0.15, 0.2) is 30.6 Å². The SMILES string of the molecule is Cl.O=C(CCl)c1cnc2ccccn12. The van der Waals surface area contributed by atoms with E-state index in [1.54, 1.807) is 16.8 Å². The standard InChI is InChI=1S/C9H7ClN2O.ClH/c10-5-8(13)7-6-11-9-3-1-2-4-12(7)9;/h1-4,6H,5H2;1H. The van der Waals surface area contributed by atoms with Gasteiger partial charge in [-0.25, -0.2) is 4.98 Å². The van der Waals surface area contributed by atoms with Crippen molar-refractivity contribution in [1.82, 2.24) is 9.38 Å². The lowest BCUT2D eigenvalue weighted by molar-refractivity contribution is 0.101. The molecule has 0 spiro atoms. The Labute approximate surface area is 92.1 Å². The molecule has 0 bridgehead atoms. The number of rotatable bonds is 2. The lowest BCUT2D eigenvalue weighted by Crippen LogP contribution is -2.03. The summed E-state index contributed by atoms with van der Waals surface area (Å²) in [5, 5.41) is 0. The molecule has 0 atom stereocenters. The van der Waals surface area contributed by atoms with Gasteiger partial charge in [-0.1, -0.05) is 6.07 Å². The van der Waals surface area contributed by atoms with Gasteiger partial charge in [0, 0.05) is 6.20 Å². The van der Waals surface area contributed by atoms with Gasteiger partial charge in [-0.15, -0.1) is 24.0 Å². The molecule has 2 aromatic heterocycles. The summed E-state index contributed by atoms with van der Waals surface area (Å²) in [5.41, 5.74) is 1.29. The zero-order valence-corrected chi connectivity index (χ0v) is 8.76. The number of fused-ring (bicyclic) bond motifs is 1. The first-order valence-corrected chi connectivity index (χ1v) is 4.37. The highest BCUT2D eigenvalue weighted by Gasteiger charge is 2.09. The number of imidazole rings is 1. The fraction of sp³-hybridized carbons (Fsp3) is 0.111. The third-order valence-electron chi connectivity index (χ3n) is 1.82. The molecule has 0 saturated carbocycles. The van der Waals surface area contributed by atoms with Gasteiger partial charge < -0.3 is 0 Å². The van der Waals surface area contributed by atoms with E-state index in [0.717, 1.165) is 5.65 Å². The molecule has 0 aliphatic heterocycles. The van der Waals surface area contributed by atoms with Crippen LogP contribution in [0.1, 0.15) is 10.5 Å². The number of hydrogen-bond acceptors (Lipinski definition) is 2. The molecular formula is C9H8Cl2N2O. The van der Waals surface area contributed by atoms with Gasteiger partial charge in [-0.3, -0.25) is 9.20 Å². The van der Waals surface area contributed by atoms with Crippen molar-refractivity contribution in [2.24, 2.45) is 0 Å². The Morgan fingerprint density at radius 1 is 1.50 bits per heavy atom. The number of carbonyl (C=O) groups excluding carboxylic acids is 1. The maximum atomic E-state index is 11.3. The lowest BCUT2D eigenvalue weighted by Gasteiger charge is -1.96. The topological polar surface area (TPSA) is 34.4 Å². The molecule has 0 saturated heterocycles. The average Bonchev–Trinajstić information content (AvgIpc) is 2.60. The van der Waals surface area contributed by atoms with Crippen LogP contribution in [-0.4, -0.2) is 21.0 Å². The van der Waals surface area contributed by atoms with Crippen molar-refractivity contribution in [2.75, 3.05) is 5.88 Å². The first-order valence-electron chi connectivity index (χ1n) is 3.84. The molecule has 0 aliphatic rings. The molecule has 74 valence electrons. The van der Waals surface area contributed by atoms with Crippen molar-refractivity contribution in [2.45, 2.75) is 0 Å². The fourth-order valence-corrected chi connectivity index (χ4v) is 1.34. The van der Waals surface area contributed by atoms with Crippen LogP contribution >= 0.6 is 24.0 Å². The zero-order chi connectivity index (χ0) is 9.26. The van der Waals surface area contributed by atoms with Crippen molar-refractivity contribution in [3.8, 4) is 0 Å². The van der Waals surface area contributed by atoms with Crippen molar-refractivity contribution in [3.63, 3.8) is 0 Å². The smallest absolute Gasteiger partial charge is 0.195 e. The molecule has 14 heavy (non-hydrogen) atoms. The summed E-state index contributed by atoms with van der Waals surface area (Å²) in [6.45, 7) is 0. The van der Waals surface area contributed by atoms with Gasteiger partial charge in [-0.05, 0) is 12.1 Å². The number of ketones is 1. The van der Waals surface area contributed by atoms with E-state index in [4.69, 9.17) is 11.6 Å². The second-order valence-electron chi connectivity index (χ2n) is 2.63. The second-order valence-corrected chi connectivity index (χ2v) is 2.90. The first-order chi connectivity index (χ1) is 6.33. The predicted octanol–water partition coefficient (Wildman–Crippen LogP) is 2.18. The first kappa shape index (κ1) is 11.0. The van der Waals surface area contributed by atoms with Gasteiger partial charge in [0.2, 0.25) is 0 Å². The Kier molecular flexibility index (Phi) is 3.49. The van der Waals surface area contributed by atoms with Crippen LogP contribution in [0.2, 0.25) is 0 Å². The van der Waals surface area contributed by atoms with Crippen molar-refractivity contribution >= 4 is 35.4 Å². The van der Waals surface area contributed by atoms with Crippen LogP contribution in [0.25, 0.3) is 5.65 Å². The van der Waals surface area contributed by atoms with E-state index in [9.17, 15) is 4.79 Å². The normalized spacial score (nSPS) is 9.79. The number of alkyl halides is 1. The van der Waals surface area contributed by atoms with E-state index in [2.05, 4.69) is 4.98 Å². The summed E-state index contributed by atoms with van der Waals surface area (Å²) in [7, 11) is 0. The number of aromatic nitrogens is 2. The predicted molar refractivity (Wildman–Crippen MR) is 57.5 cm³/mol. The largest absolute Gasteiger partial charge is 0.297 e. The van der Waals surface area contributed by atoms with Crippen molar-refractivity contribution < 1.29 is 4.79 Å². The summed E-state index contributed by atoms with van der Waals surface area (Å²) in [6, 6.07) is 5.56. The van der Waals surface area contributed by atoms with Gasteiger partial charge in [0.25, 0.3) is 0 Å². The number of nitrogens with zero attached hydrogens (tertiary/aromatic N) is 2. The summed E-state index contributed by atoms with van der Waals surface area (Å²) in [6.07, 6.45) is 3.34. The summed E-state index contributed by atoms with van der Waals surface area (Å²) in [4.78, 5) is 15.4. The molecule has 0 unspecified atom stereocenters. The number of hydrogen-bond donors (Lipinski definition) is 0. The van der Waals surface area contributed by atoms with Crippen LogP contribution in [0.4, 0.5) is 0 Å². The van der Waals surface area contributed by atoms with Crippen LogP contribution < -0.4 is 0 Å². The minimum atomic E-state index is -0.111. The Balaban J connectivity index is 0.000000980. The third-order valence-corrected chi connectivity index (χ3v) is 2.07. The zero-order valence-electron chi connectivity index (χ0n) is 7.18. The van der Waals surface area contributed by atoms with E-state index in [1.807, 2.05) is 18.2 Å². The fourth-order valence-electron chi connectivity index (χ4n) is 1.21. The minimum Gasteiger partial charge on any atom is -0.297 e. The maximum Gasteiger partial charge on any atom is 0.195 e. The highest BCUT2D eigenvalue weighted by molar-refractivity contribution is 6.30. The van der Waals surface area contributed by atoms with Gasteiger partial charge in [-0.2, -0.15) is 0 Å². The van der Waals surface area contributed by atoms with E-state index >= 15 is 0 Å². The summed E-state index contributed by atoms with van der Waals surface area (Å²) >= 11 is 5.45. The summed E-state index contributed by atoms with van der Waals surface area (Å²) in [5.74, 6) is -0.122. The van der Waals surface area contributed by atoms with Crippen LogP contribution in [0, 0.1) is 0 Å². The molecule has 0 amide bonds. The molecule has 0 fully saturated rings. The quantitative estimate of drug-likeness (QED) is 0.586. The molecule has 2 rings (SSSR count). The third kappa shape index (κ3) is 1.74. The highest BCUT2D eigenvalue weighted by atomic mass is 35.5. The lowest BCUT2D eigenvalue weighted by atomic mass is 10.3. The Bertz CT molecular complexity index is 453. The summed E-state index contributed by atoms with van der Waals surface area (Å²) < 4.78 is 1.73. The van der Waals surface area contributed by atoms with Crippen molar-refractivity contribution in [1.29, 1.82) is 0 Å². The molecular weight excluding hydrogens is 223 g/mol. The van der Waals surface area contributed by atoms with Crippen LogP contribution in [0.3, 0.4) is 0 Å². The highest BCUT2D eigenvalue weighted by Crippen LogP contribution is 2.07. The Morgan fingerprint density at radius 3 is 3.00 bits per heavy atom. The van der Waals surface area contributed by atoms with Crippen molar-refractivity contribution in [3.05, 3.63) is 36.3 Å². The Morgan fingerprint density at radius 2 is 2.29 bits per heavy atom. The van der Waals surface area contributed by atoms with E-state index in [1.165, 1.54) is 0 Å². The van der Waals surface area contributed by atoms with Gasteiger partial charge in [0.1, 0.15) is 11.3 Å². The number of pyridine rings is 1. The maximum absolute atomic E-state index is 11.3. The second kappa shape index (κ2) is 4.44. The molecule has 2 heterocycles. The van der Waals surface area contributed by atoms with Crippen LogP contribution in [-0.2, 0) is 0 Å². The van der Waals surface area contributed by atoms with Gasteiger partial charge in [0.15, 0.2) is 5.78 Å². The molecule has 0 aromatic carbocycles. The van der Waals surface area contributed by atoms with Gasteiger partial charge in [0.05, 0.1) is 12.1 Å². The van der Waals surface area contributed by atoms with Gasteiger partial charge >= 0.3 is 0 Å². The molecule has 0 N–H and O–H groups in total. The molecule has 3 nitrogen and oxygen atoms in total.